The zero-order chi connectivity index (χ0) is 26.0. The van der Waals surface area contributed by atoms with E-state index in [0.717, 1.165) is 46.9 Å². The van der Waals surface area contributed by atoms with E-state index in [2.05, 4.69) is 36.1 Å². The maximum Gasteiger partial charge on any atom is 0.229 e. The summed E-state index contributed by atoms with van der Waals surface area (Å²) in [4.78, 5) is 27.3. The first-order valence-electron chi connectivity index (χ1n) is 12.8. The number of hydrogen-bond donors (Lipinski definition) is 0. The van der Waals surface area contributed by atoms with Crippen molar-refractivity contribution in [2.24, 2.45) is 5.41 Å². The average Bonchev–Trinajstić information content (AvgIpc) is 3.18. The Morgan fingerprint density at radius 1 is 0.973 bits per heavy atom. The van der Waals surface area contributed by atoms with Gasteiger partial charge in [-0.3, -0.25) is 4.79 Å². The molecule has 37 heavy (non-hydrogen) atoms. The zero-order valence-electron chi connectivity index (χ0n) is 21.7. The van der Waals surface area contributed by atoms with Crippen molar-refractivity contribution in [1.82, 2.24) is 24.6 Å². The van der Waals surface area contributed by atoms with Crippen molar-refractivity contribution in [2.45, 2.75) is 33.6 Å². The zero-order valence-corrected chi connectivity index (χ0v) is 22.4. The van der Waals surface area contributed by atoms with Gasteiger partial charge in [0.2, 0.25) is 5.91 Å². The van der Waals surface area contributed by atoms with Crippen molar-refractivity contribution >= 4 is 34.4 Å². The Morgan fingerprint density at radius 3 is 2.46 bits per heavy atom. The highest BCUT2D eigenvalue weighted by molar-refractivity contribution is 6.19. The van der Waals surface area contributed by atoms with Gasteiger partial charge in [-0.2, -0.15) is 5.10 Å². The Morgan fingerprint density at radius 2 is 1.73 bits per heavy atom. The summed E-state index contributed by atoms with van der Waals surface area (Å²) in [7, 11) is 0. The second kappa shape index (κ2) is 10.5. The predicted octanol–water partition coefficient (Wildman–Crippen LogP) is 5.02. The van der Waals surface area contributed by atoms with Gasteiger partial charge in [-0.25, -0.2) is 14.6 Å². The van der Waals surface area contributed by atoms with Gasteiger partial charge >= 0.3 is 0 Å². The lowest BCUT2D eigenvalue weighted by atomic mass is 9.94. The highest BCUT2D eigenvalue weighted by atomic mass is 35.5. The molecule has 2 aromatic heterocycles. The van der Waals surface area contributed by atoms with E-state index in [4.69, 9.17) is 26.7 Å². The normalized spacial score (nSPS) is 14.7. The molecule has 4 aromatic rings. The number of amides is 1. The van der Waals surface area contributed by atoms with E-state index in [1.165, 1.54) is 5.56 Å². The number of fused-ring (bicyclic) bond motifs is 1. The second-order valence-electron chi connectivity index (χ2n) is 10.4. The summed E-state index contributed by atoms with van der Waals surface area (Å²) in [5.74, 6) is 2.04. The summed E-state index contributed by atoms with van der Waals surface area (Å²) in [5.41, 5.74) is 3.57. The molecule has 1 fully saturated rings. The van der Waals surface area contributed by atoms with E-state index in [9.17, 15) is 4.79 Å². The fourth-order valence-corrected chi connectivity index (χ4v) is 4.84. The maximum atomic E-state index is 13.1. The molecule has 8 heteroatoms. The van der Waals surface area contributed by atoms with Crippen LogP contribution in [0.3, 0.4) is 0 Å². The average molecular weight is 517 g/mol. The monoisotopic (exact) mass is 516 g/mol. The molecule has 0 radical (unpaired) electrons. The number of anilines is 1. The molecule has 5 rings (SSSR count). The van der Waals surface area contributed by atoms with Crippen LogP contribution in [0.5, 0.6) is 0 Å². The van der Waals surface area contributed by atoms with Crippen LogP contribution in [-0.4, -0.2) is 62.6 Å². The van der Waals surface area contributed by atoms with Crippen molar-refractivity contribution in [3.8, 4) is 5.69 Å². The van der Waals surface area contributed by atoms with Gasteiger partial charge < -0.3 is 9.80 Å². The van der Waals surface area contributed by atoms with Crippen LogP contribution in [-0.2, 0) is 11.2 Å². The Kier molecular flexibility index (Phi) is 7.15. The number of para-hydroxylation sites is 1. The van der Waals surface area contributed by atoms with E-state index >= 15 is 0 Å². The third-order valence-corrected chi connectivity index (χ3v) is 7.60. The molecular formula is C29H33ClN6O. The Hall–Kier alpha value is -3.45. The Bertz CT molecular complexity index is 1380. The molecule has 0 N–H and O–H groups in total. The van der Waals surface area contributed by atoms with Gasteiger partial charge in [-0.05, 0) is 44.9 Å². The largest absolute Gasteiger partial charge is 0.354 e. The minimum atomic E-state index is -0.572. The first kappa shape index (κ1) is 25.2. The molecule has 0 aliphatic carbocycles. The van der Waals surface area contributed by atoms with E-state index in [1.54, 1.807) is 0 Å². The van der Waals surface area contributed by atoms with Crippen molar-refractivity contribution in [3.05, 3.63) is 77.7 Å². The van der Waals surface area contributed by atoms with Crippen LogP contribution in [0.2, 0.25) is 0 Å². The Labute approximate surface area is 223 Å². The summed E-state index contributed by atoms with van der Waals surface area (Å²) >= 11 is 6.10. The SMILES string of the molecule is Cc1ccc(Cc2nc(N3CCCN(C(=O)C(C)(C)CCl)CC3)c3cnn(-c4ccccc4)c3n2)cc1. The molecule has 1 saturated heterocycles. The van der Waals surface area contributed by atoms with E-state index < -0.39 is 5.41 Å². The molecular weight excluding hydrogens is 484 g/mol. The van der Waals surface area contributed by atoms with Crippen molar-refractivity contribution in [1.29, 1.82) is 0 Å². The number of alkyl halides is 1. The number of benzene rings is 2. The molecule has 1 aliphatic heterocycles. The molecule has 1 aliphatic rings. The van der Waals surface area contributed by atoms with Crippen molar-refractivity contribution in [2.75, 3.05) is 37.0 Å². The van der Waals surface area contributed by atoms with Crippen molar-refractivity contribution < 1.29 is 4.79 Å². The van der Waals surface area contributed by atoms with Crippen LogP contribution >= 0.6 is 11.6 Å². The number of aryl methyl sites for hydroxylation is 1. The van der Waals surface area contributed by atoms with Crippen LogP contribution in [0.1, 0.15) is 37.2 Å². The maximum absolute atomic E-state index is 13.1. The highest BCUT2D eigenvalue weighted by Crippen LogP contribution is 2.28. The van der Waals surface area contributed by atoms with Crippen LogP contribution in [0, 0.1) is 12.3 Å². The third-order valence-electron chi connectivity index (χ3n) is 6.93. The predicted molar refractivity (Wildman–Crippen MR) is 149 cm³/mol. The number of carbonyl (C=O) groups excluding carboxylic acids is 1. The minimum Gasteiger partial charge on any atom is -0.354 e. The lowest BCUT2D eigenvalue weighted by molar-refractivity contribution is -0.139. The lowest BCUT2D eigenvalue weighted by Crippen LogP contribution is -2.43. The van der Waals surface area contributed by atoms with Gasteiger partial charge in [0, 0.05) is 38.5 Å². The molecule has 2 aromatic carbocycles. The van der Waals surface area contributed by atoms with Crippen LogP contribution in [0.25, 0.3) is 16.7 Å². The molecule has 0 atom stereocenters. The molecule has 1 amide bonds. The fourth-order valence-electron chi connectivity index (χ4n) is 4.72. The summed E-state index contributed by atoms with van der Waals surface area (Å²) in [6, 6.07) is 18.5. The summed E-state index contributed by atoms with van der Waals surface area (Å²) in [6.45, 7) is 8.75. The molecule has 0 unspecified atom stereocenters. The van der Waals surface area contributed by atoms with Crippen LogP contribution in [0.15, 0.2) is 60.8 Å². The molecule has 192 valence electrons. The van der Waals surface area contributed by atoms with E-state index in [-0.39, 0.29) is 5.91 Å². The number of hydrogen-bond acceptors (Lipinski definition) is 5. The van der Waals surface area contributed by atoms with Gasteiger partial charge in [0.15, 0.2) is 5.65 Å². The van der Waals surface area contributed by atoms with Crippen LogP contribution in [0.4, 0.5) is 5.82 Å². The second-order valence-corrected chi connectivity index (χ2v) is 10.7. The standard InChI is InChI=1S/C29H33ClN6O/c1-21-10-12-22(13-11-21)18-25-32-26(24-19-31-36(27(24)33-25)23-8-5-4-6-9-23)34-14-7-15-35(17-16-34)28(37)29(2,3)20-30/h4-6,8-13,19H,7,14-18,20H2,1-3H3. The minimum absolute atomic E-state index is 0.106. The van der Waals surface area contributed by atoms with Crippen LogP contribution < -0.4 is 4.90 Å². The first-order valence-corrected chi connectivity index (χ1v) is 13.3. The molecule has 7 nitrogen and oxygen atoms in total. The summed E-state index contributed by atoms with van der Waals surface area (Å²) in [6.07, 6.45) is 3.35. The Balaban J connectivity index is 1.52. The molecule has 0 bridgehead atoms. The summed E-state index contributed by atoms with van der Waals surface area (Å²) in [5, 5.41) is 5.61. The number of nitrogens with zero attached hydrogens (tertiary/aromatic N) is 6. The van der Waals surface area contributed by atoms with Gasteiger partial charge in [0.25, 0.3) is 0 Å². The highest BCUT2D eigenvalue weighted by Gasteiger charge is 2.32. The molecule has 0 spiro atoms. The topological polar surface area (TPSA) is 67.2 Å². The van der Waals surface area contributed by atoms with Gasteiger partial charge in [-0.15, -0.1) is 11.6 Å². The summed E-state index contributed by atoms with van der Waals surface area (Å²) < 4.78 is 1.88. The number of rotatable bonds is 6. The fraction of sp³-hybridized carbons (Fsp3) is 0.379. The van der Waals surface area contributed by atoms with E-state index in [0.29, 0.717) is 31.9 Å². The van der Waals surface area contributed by atoms with Crippen molar-refractivity contribution in [3.63, 3.8) is 0 Å². The number of halogens is 1. The smallest absolute Gasteiger partial charge is 0.229 e. The number of carbonyl (C=O) groups is 1. The van der Waals surface area contributed by atoms with Gasteiger partial charge in [0.05, 0.1) is 22.7 Å². The van der Waals surface area contributed by atoms with Gasteiger partial charge in [0.1, 0.15) is 11.6 Å². The first-order chi connectivity index (χ1) is 17.9. The molecule has 3 heterocycles. The molecule has 0 saturated carbocycles. The lowest BCUT2D eigenvalue weighted by Gasteiger charge is -2.30. The van der Waals surface area contributed by atoms with E-state index in [1.807, 2.05) is 60.0 Å². The third kappa shape index (κ3) is 5.32. The quantitative estimate of drug-likeness (QED) is 0.337. The van der Waals surface area contributed by atoms with Gasteiger partial charge in [-0.1, -0.05) is 48.0 Å². The number of aromatic nitrogens is 4.